The van der Waals surface area contributed by atoms with Gasteiger partial charge in [-0.1, -0.05) is 97.1 Å². The van der Waals surface area contributed by atoms with Crippen LogP contribution in [0.1, 0.15) is 11.1 Å². The van der Waals surface area contributed by atoms with E-state index in [1.807, 2.05) is 121 Å². The van der Waals surface area contributed by atoms with Crippen molar-refractivity contribution >= 4 is 23.4 Å². The molecule has 0 aliphatic heterocycles. The van der Waals surface area contributed by atoms with Gasteiger partial charge in [0.1, 0.15) is 0 Å². The monoisotopic (exact) mass is 508 g/mol. The van der Waals surface area contributed by atoms with Crippen molar-refractivity contribution < 1.29 is 14.7 Å². The van der Waals surface area contributed by atoms with Crippen LogP contribution in [0.3, 0.4) is 0 Å². The molecule has 0 aliphatic carbocycles. The quantitative estimate of drug-likeness (QED) is 0.253. The lowest BCUT2D eigenvalue weighted by atomic mass is 10.2. The molecule has 0 heterocycles. The first kappa shape index (κ1) is 26.4. The van der Waals surface area contributed by atoms with E-state index < -0.39 is 6.10 Å². The van der Waals surface area contributed by atoms with E-state index in [-0.39, 0.29) is 25.2 Å². The summed E-state index contributed by atoms with van der Waals surface area (Å²) in [5, 5.41) is 16.9. The van der Waals surface area contributed by atoms with Crippen molar-refractivity contribution in [2.24, 2.45) is 0 Å². The van der Waals surface area contributed by atoms with Gasteiger partial charge in [0, 0.05) is 24.5 Å². The Bertz CT molecular complexity index is 1170. The Morgan fingerprint density at radius 1 is 0.553 bits per heavy atom. The first-order valence-corrected chi connectivity index (χ1v) is 12.5. The molecule has 0 fully saturated rings. The molecule has 0 aliphatic rings. The van der Waals surface area contributed by atoms with Gasteiger partial charge in [0.2, 0.25) is 0 Å². The number of hydrogen-bond donors (Lipinski definition) is 3. The SMILES string of the molecule is O=C(Nc1ccccc1)N(Cc1ccccc1)CC(O)CN(Cc1ccccc1)C(=O)Nc1ccccc1. The number of anilines is 2. The normalized spacial score (nSPS) is 10.6. The molecule has 4 rings (SSSR count). The van der Waals surface area contributed by atoms with E-state index in [9.17, 15) is 14.7 Å². The van der Waals surface area contributed by atoms with Gasteiger partial charge in [0.25, 0.3) is 0 Å². The number of aliphatic hydroxyl groups excluding tert-OH is 1. The van der Waals surface area contributed by atoms with Crippen LogP contribution >= 0.6 is 0 Å². The van der Waals surface area contributed by atoms with Crippen LogP contribution in [0.5, 0.6) is 0 Å². The number of amides is 4. The lowest BCUT2D eigenvalue weighted by Crippen LogP contribution is -2.46. The highest BCUT2D eigenvalue weighted by Crippen LogP contribution is 2.14. The number of carbonyl (C=O) groups is 2. The third kappa shape index (κ3) is 8.21. The van der Waals surface area contributed by atoms with Crippen molar-refractivity contribution in [2.75, 3.05) is 23.7 Å². The fourth-order valence-electron chi connectivity index (χ4n) is 4.06. The second-order valence-corrected chi connectivity index (χ2v) is 8.98. The number of para-hydroxylation sites is 2. The Labute approximate surface area is 223 Å². The molecular weight excluding hydrogens is 476 g/mol. The van der Waals surface area contributed by atoms with Crippen molar-refractivity contribution in [3.63, 3.8) is 0 Å². The molecule has 0 saturated carbocycles. The third-order valence-corrected chi connectivity index (χ3v) is 5.92. The molecule has 7 heteroatoms. The zero-order chi connectivity index (χ0) is 26.6. The summed E-state index contributed by atoms with van der Waals surface area (Å²) >= 11 is 0. The molecule has 7 nitrogen and oxygen atoms in total. The molecule has 4 aromatic rings. The summed E-state index contributed by atoms with van der Waals surface area (Å²) in [5.41, 5.74) is 3.20. The highest BCUT2D eigenvalue weighted by Gasteiger charge is 2.23. The summed E-state index contributed by atoms with van der Waals surface area (Å²) in [5.74, 6) is 0. The number of benzene rings is 4. The Balaban J connectivity index is 1.48. The van der Waals surface area contributed by atoms with Gasteiger partial charge < -0.3 is 25.5 Å². The van der Waals surface area contributed by atoms with Crippen LogP contribution in [-0.4, -0.2) is 46.2 Å². The minimum absolute atomic E-state index is 0.0392. The Morgan fingerprint density at radius 2 is 0.868 bits per heavy atom. The number of aliphatic hydroxyl groups is 1. The lowest BCUT2D eigenvalue weighted by molar-refractivity contribution is 0.0914. The van der Waals surface area contributed by atoms with E-state index in [2.05, 4.69) is 10.6 Å². The van der Waals surface area contributed by atoms with Crippen LogP contribution in [-0.2, 0) is 13.1 Å². The summed E-state index contributed by atoms with van der Waals surface area (Å²) in [4.78, 5) is 29.5. The average Bonchev–Trinajstić information content (AvgIpc) is 2.94. The predicted octanol–water partition coefficient (Wildman–Crippen LogP) is 5.82. The van der Waals surface area contributed by atoms with Crippen LogP contribution in [0.15, 0.2) is 121 Å². The molecule has 0 atom stereocenters. The number of carbonyl (C=O) groups excluding carboxylic acids is 2. The number of nitrogens with one attached hydrogen (secondary N) is 2. The molecule has 194 valence electrons. The molecule has 0 bridgehead atoms. The van der Waals surface area contributed by atoms with Crippen LogP contribution in [0.4, 0.5) is 21.0 Å². The van der Waals surface area contributed by atoms with Gasteiger partial charge in [-0.25, -0.2) is 9.59 Å². The van der Waals surface area contributed by atoms with Crippen LogP contribution in [0.25, 0.3) is 0 Å². The summed E-state index contributed by atoms with van der Waals surface area (Å²) < 4.78 is 0. The van der Waals surface area contributed by atoms with Crippen LogP contribution in [0, 0.1) is 0 Å². The van der Waals surface area contributed by atoms with Gasteiger partial charge in [-0.3, -0.25) is 0 Å². The summed E-state index contributed by atoms with van der Waals surface area (Å²) in [6.45, 7) is 0.700. The second kappa shape index (κ2) is 13.6. The van der Waals surface area contributed by atoms with Gasteiger partial charge in [-0.15, -0.1) is 0 Å². The van der Waals surface area contributed by atoms with E-state index in [1.165, 1.54) is 0 Å². The fourth-order valence-corrected chi connectivity index (χ4v) is 4.06. The maximum Gasteiger partial charge on any atom is 0.322 e. The van der Waals surface area contributed by atoms with E-state index in [1.54, 1.807) is 9.80 Å². The standard InChI is InChI=1S/C31H32N4O3/c36-29(23-34(21-25-13-5-1-6-14-25)30(37)32-27-17-9-3-10-18-27)24-35(22-26-15-7-2-8-16-26)31(38)33-28-19-11-4-12-20-28/h1-20,29,36H,21-24H2,(H,32,37)(H,33,38). The van der Waals surface area contributed by atoms with Crippen molar-refractivity contribution in [1.29, 1.82) is 0 Å². The first-order valence-electron chi connectivity index (χ1n) is 12.5. The number of nitrogens with zero attached hydrogens (tertiary/aromatic N) is 2. The molecular formula is C31H32N4O3. The zero-order valence-corrected chi connectivity index (χ0v) is 21.1. The molecule has 0 radical (unpaired) electrons. The minimum atomic E-state index is -0.981. The summed E-state index contributed by atoms with van der Waals surface area (Å²) in [6.07, 6.45) is -0.981. The smallest absolute Gasteiger partial charge is 0.322 e. The van der Waals surface area contributed by atoms with Gasteiger partial charge in [0.05, 0.1) is 19.2 Å². The van der Waals surface area contributed by atoms with Crippen molar-refractivity contribution in [3.8, 4) is 0 Å². The first-order chi connectivity index (χ1) is 18.6. The zero-order valence-electron chi connectivity index (χ0n) is 21.1. The maximum absolute atomic E-state index is 13.2. The van der Waals surface area contributed by atoms with E-state index in [0.717, 1.165) is 11.1 Å². The molecule has 0 aromatic heterocycles. The Morgan fingerprint density at radius 3 is 1.21 bits per heavy atom. The second-order valence-electron chi connectivity index (χ2n) is 8.98. The topological polar surface area (TPSA) is 84.9 Å². The fraction of sp³-hybridized carbons (Fsp3) is 0.161. The van der Waals surface area contributed by atoms with Gasteiger partial charge in [0.15, 0.2) is 0 Å². The maximum atomic E-state index is 13.2. The van der Waals surface area contributed by atoms with Gasteiger partial charge in [-0.05, 0) is 35.4 Å². The largest absolute Gasteiger partial charge is 0.389 e. The molecule has 0 unspecified atom stereocenters. The molecule has 4 aromatic carbocycles. The average molecular weight is 509 g/mol. The van der Waals surface area contributed by atoms with Crippen LogP contribution < -0.4 is 10.6 Å². The Hall–Kier alpha value is -4.62. The van der Waals surface area contributed by atoms with Crippen molar-refractivity contribution in [1.82, 2.24) is 9.80 Å². The van der Waals surface area contributed by atoms with Gasteiger partial charge >= 0.3 is 12.1 Å². The number of hydrogen-bond acceptors (Lipinski definition) is 3. The minimum Gasteiger partial charge on any atom is -0.389 e. The molecule has 0 saturated heterocycles. The van der Waals surface area contributed by atoms with Crippen molar-refractivity contribution in [2.45, 2.75) is 19.2 Å². The van der Waals surface area contributed by atoms with Crippen molar-refractivity contribution in [3.05, 3.63) is 132 Å². The van der Waals surface area contributed by atoms with Crippen LogP contribution in [0.2, 0.25) is 0 Å². The highest BCUT2D eigenvalue weighted by molar-refractivity contribution is 5.90. The third-order valence-electron chi connectivity index (χ3n) is 5.92. The predicted molar refractivity (Wildman–Crippen MR) is 151 cm³/mol. The highest BCUT2D eigenvalue weighted by atomic mass is 16.3. The van der Waals surface area contributed by atoms with E-state index in [4.69, 9.17) is 0 Å². The molecule has 4 amide bonds. The number of urea groups is 2. The van der Waals surface area contributed by atoms with E-state index >= 15 is 0 Å². The number of rotatable bonds is 10. The molecule has 0 spiro atoms. The lowest BCUT2D eigenvalue weighted by Gasteiger charge is -2.30. The molecule has 38 heavy (non-hydrogen) atoms. The van der Waals surface area contributed by atoms with Gasteiger partial charge in [-0.2, -0.15) is 0 Å². The summed E-state index contributed by atoms with van der Waals surface area (Å²) in [6, 6.07) is 36.9. The van der Waals surface area contributed by atoms with E-state index in [0.29, 0.717) is 24.5 Å². The molecule has 3 N–H and O–H groups in total. The summed E-state index contributed by atoms with van der Waals surface area (Å²) in [7, 11) is 0. The Kier molecular flexibility index (Phi) is 9.48.